The van der Waals surface area contributed by atoms with Crippen molar-refractivity contribution in [3.63, 3.8) is 0 Å². The van der Waals surface area contributed by atoms with Gasteiger partial charge in [-0.05, 0) is 44.0 Å². The molecule has 138 valence electrons. The fraction of sp³-hybridized carbons (Fsp3) is 0.333. The number of hydrogen-bond donors (Lipinski definition) is 2. The minimum atomic E-state index is -0.123. The molecule has 2 aromatic rings. The Balaban J connectivity index is 1.72. The summed E-state index contributed by atoms with van der Waals surface area (Å²) in [4.78, 5) is 25.9. The van der Waals surface area contributed by atoms with Crippen LogP contribution in [0.15, 0.2) is 48.5 Å². The van der Waals surface area contributed by atoms with Crippen molar-refractivity contribution in [1.29, 1.82) is 0 Å². The van der Waals surface area contributed by atoms with Gasteiger partial charge in [-0.3, -0.25) is 14.5 Å². The molecule has 0 unspecified atom stereocenters. The molecule has 0 atom stereocenters. The first-order valence-corrected chi connectivity index (χ1v) is 8.81. The smallest absolute Gasteiger partial charge is 0.238 e. The zero-order valence-corrected chi connectivity index (χ0v) is 15.7. The molecule has 0 radical (unpaired) electrons. The summed E-state index contributed by atoms with van der Waals surface area (Å²) in [6.07, 6.45) is 0.795. The molecule has 0 aliphatic rings. The molecule has 0 bridgehead atoms. The molecule has 0 saturated heterocycles. The van der Waals surface area contributed by atoms with Crippen LogP contribution in [0.1, 0.15) is 16.7 Å². The fourth-order valence-electron chi connectivity index (χ4n) is 2.78. The zero-order valence-electron chi connectivity index (χ0n) is 15.7. The van der Waals surface area contributed by atoms with Crippen molar-refractivity contribution in [3.05, 3.63) is 65.2 Å². The van der Waals surface area contributed by atoms with Crippen LogP contribution in [0.3, 0.4) is 0 Å². The van der Waals surface area contributed by atoms with Gasteiger partial charge in [0.15, 0.2) is 0 Å². The number of likely N-dealkylation sites (N-methyl/N-ethyl adjacent to an activating group) is 1. The normalized spacial score (nSPS) is 10.6. The Morgan fingerprint density at radius 2 is 1.50 bits per heavy atom. The van der Waals surface area contributed by atoms with E-state index in [0.717, 1.165) is 23.2 Å². The Kier molecular flexibility index (Phi) is 7.36. The molecule has 2 amide bonds. The number of nitrogens with one attached hydrogen (secondary N) is 2. The van der Waals surface area contributed by atoms with Crippen molar-refractivity contribution in [3.8, 4) is 0 Å². The molecule has 2 N–H and O–H groups in total. The van der Waals surface area contributed by atoms with Crippen molar-refractivity contribution >= 4 is 17.5 Å². The van der Waals surface area contributed by atoms with E-state index in [1.54, 1.807) is 11.9 Å². The lowest BCUT2D eigenvalue weighted by molar-refractivity contribution is -0.122. The number of rotatable bonds is 8. The predicted molar refractivity (Wildman–Crippen MR) is 105 cm³/mol. The second-order valence-corrected chi connectivity index (χ2v) is 6.57. The number of carbonyl (C=O) groups excluding carboxylic acids is 2. The SMILES string of the molecule is Cc1cccc(C)c1NC(=O)CN(C)CC(=O)NCCc1ccccc1. The van der Waals surface area contributed by atoms with E-state index in [2.05, 4.69) is 10.6 Å². The molecular formula is C21H27N3O2. The summed E-state index contributed by atoms with van der Waals surface area (Å²) in [6.45, 7) is 4.87. The molecule has 0 aromatic heterocycles. The van der Waals surface area contributed by atoms with Crippen molar-refractivity contribution in [1.82, 2.24) is 10.2 Å². The van der Waals surface area contributed by atoms with Crippen LogP contribution in [0, 0.1) is 13.8 Å². The van der Waals surface area contributed by atoms with E-state index < -0.39 is 0 Å². The lowest BCUT2D eigenvalue weighted by Gasteiger charge is -2.17. The molecule has 5 nitrogen and oxygen atoms in total. The Hall–Kier alpha value is -2.66. The quantitative estimate of drug-likeness (QED) is 0.767. The summed E-state index contributed by atoms with van der Waals surface area (Å²) < 4.78 is 0. The lowest BCUT2D eigenvalue weighted by atomic mass is 10.1. The van der Waals surface area contributed by atoms with E-state index in [0.29, 0.717) is 6.54 Å². The highest BCUT2D eigenvalue weighted by Crippen LogP contribution is 2.19. The molecule has 26 heavy (non-hydrogen) atoms. The molecule has 0 fully saturated rings. The summed E-state index contributed by atoms with van der Waals surface area (Å²) in [5, 5.41) is 5.83. The number of aryl methyl sites for hydroxylation is 2. The highest BCUT2D eigenvalue weighted by molar-refractivity contribution is 5.94. The molecule has 5 heteroatoms. The minimum absolute atomic E-state index is 0.0803. The third-order valence-electron chi connectivity index (χ3n) is 4.15. The summed E-state index contributed by atoms with van der Waals surface area (Å²) in [6, 6.07) is 15.9. The van der Waals surface area contributed by atoms with Gasteiger partial charge in [-0.25, -0.2) is 0 Å². The highest BCUT2D eigenvalue weighted by Gasteiger charge is 2.12. The van der Waals surface area contributed by atoms with Crippen LogP contribution in [0.2, 0.25) is 0 Å². The van der Waals surface area contributed by atoms with Gasteiger partial charge in [-0.15, -0.1) is 0 Å². The minimum Gasteiger partial charge on any atom is -0.355 e. The second-order valence-electron chi connectivity index (χ2n) is 6.57. The van der Waals surface area contributed by atoms with E-state index in [4.69, 9.17) is 0 Å². The maximum absolute atomic E-state index is 12.2. The van der Waals surface area contributed by atoms with Gasteiger partial charge >= 0.3 is 0 Å². The number of benzene rings is 2. The van der Waals surface area contributed by atoms with Crippen molar-refractivity contribution in [2.45, 2.75) is 20.3 Å². The van der Waals surface area contributed by atoms with E-state index in [1.807, 2.05) is 62.4 Å². The largest absolute Gasteiger partial charge is 0.355 e. The number of carbonyl (C=O) groups is 2. The Morgan fingerprint density at radius 1 is 0.885 bits per heavy atom. The van der Waals surface area contributed by atoms with Crippen LogP contribution in [-0.4, -0.2) is 43.4 Å². The third-order valence-corrected chi connectivity index (χ3v) is 4.15. The Bertz CT molecular complexity index is 724. The van der Waals surface area contributed by atoms with Gasteiger partial charge in [-0.2, -0.15) is 0 Å². The molecular weight excluding hydrogens is 326 g/mol. The average Bonchev–Trinajstić information content (AvgIpc) is 2.59. The van der Waals surface area contributed by atoms with E-state index in [9.17, 15) is 9.59 Å². The monoisotopic (exact) mass is 353 g/mol. The first kappa shape index (κ1) is 19.7. The van der Waals surface area contributed by atoms with Crippen molar-refractivity contribution < 1.29 is 9.59 Å². The van der Waals surface area contributed by atoms with Crippen LogP contribution in [-0.2, 0) is 16.0 Å². The van der Waals surface area contributed by atoms with Gasteiger partial charge in [0.1, 0.15) is 0 Å². The summed E-state index contributed by atoms with van der Waals surface area (Å²) in [5.41, 5.74) is 4.09. The number of anilines is 1. The van der Waals surface area contributed by atoms with Crippen molar-refractivity contribution in [2.24, 2.45) is 0 Å². The van der Waals surface area contributed by atoms with Gasteiger partial charge in [0, 0.05) is 12.2 Å². The van der Waals surface area contributed by atoms with Gasteiger partial charge in [0.2, 0.25) is 11.8 Å². The number of para-hydroxylation sites is 1. The van der Waals surface area contributed by atoms with Crippen LogP contribution in [0.5, 0.6) is 0 Å². The van der Waals surface area contributed by atoms with E-state index in [-0.39, 0.29) is 24.9 Å². The van der Waals surface area contributed by atoms with Gasteiger partial charge in [0.05, 0.1) is 13.1 Å². The average molecular weight is 353 g/mol. The number of amides is 2. The zero-order chi connectivity index (χ0) is 18.9. The summed E-state index contributed by atoms with van der Waals surface area (Å²) in [7, 11) is 1.76. The maximum atomic E-state index is 12.2. The van der Waals surface area contributed by atoms with Crippen LogP contribution in [0.4, 0.5) is 5.69 Å². The standard InChI is InChI=1S/C21H27N3O2/c1-16-8-7-9-17(2)21(16)23-20(26)15-24(3)14-19(25)22-13-12-18-10-5-4-6-11-18/h4-11H,12-15H2,1-3H3,(H,22,25)(H,23,26). The van der Waals surface area contributed by atoms with Crippen molar-refractivity contribution in [2.75, 3.05) is 32.0 Å². The molecule has 0 saturated carbocycles. The maximum Gasteiger partial charge on any atom is 0.238 e. The van der Waals surface area contributed by atoms with Crippen LogP contribution in [0.25, 0.3) is 0 Å². The van der Waals surface area contributed by atoms with E-state index in [1.165, 1.54) is 5.56 Å². The fourth-order valence-corrected chi connectivity index (χ4v) is 2.78. The number of hydrogen-bond acceptors (Lipinski definition) is 3. The Morgan fingerprint density at radius 3 is 2.15 bits per heavy atom. The molecule has 2 aromatic carbocycles. The summed E-state index contributed by atoms with van der Waals surface area (Å²) in [5.74, 6) is -0.203. The van der Waals surface area contributed by atoms with Gasteiger partial charge in [-0.1, -0.05) is 48.5 Å². The molecule has 2 rings (SSSR count). The number of nitrogens with zero attached hydrogens (tertiary/aromatic N) is 1. The van der Waals surface area contributed by atoms with Crippen LogP contribution < -0.4 is 10.6 Å². The first-order valence-electron chi connectivity index (χ1n) is 8.81. The van der Waals surface area contributed by atoms with Gasteiger partial charge in [0.25, 0.3) is 0 Å². The molecule has 0 aliphatic heterocycles. The van der Waals surface area contributed by atoms with E-state index >= 15 is 0 Å². The van der Waals surface area contributed by atoms with Gasteiger partial charge < -0.3 is 10.6 Å². The summed E-state index contributed by atoms with van der Waals surface area (Å²) >= 11 is 0. The molecule has 0 spiro atoms. The highest BCUT2D eigenvalue weighted by atomic mass is 16.2. The molecule has 0 aliphatic carbocycles. The topological polar surface area (TPSA) is 61.4 Å². The lowest BCUT2D eigenvalue weighted by Crippen LogP contribution is -2.39. The second kappa shape index (κ2) is 9.73. The predicted octanol–water partition coefficient (Wildman–Crippen LogP) is 2.53. The molecule has 0 heterocycles. The third kappa shape index (κ3) is 6.33. The Labute approximate surface area is 155 Å². The first-order chi connectivity index (χ1) is 12.5. The van der Waals surface area contributed by atoms with Crippen LogP contribution >= 0.6 is 0 Å².